The third-order valence-corrected chi connectivity index (χ3v) is 5.62. The van der Waals surface area contributed by atoms with Crippen molar-refractivity contribution in [3.05, 3.63) is 82.7 Å². The van der Waals surface area contributed by atoms with E-state index >= 15 is 0 Å². The second kappa shape index (κ2) is 9.70. The molecule has 0 bridgehead atoms. The van der Waals surface area contributed by atoms with E-state index in [2.05, 4.69) is 15.0 Å². The van der Waals surface area contributed by atoms with E-state index in [9.17, 15) is 35.5 Å². The van der Waals surface area contributed by atoms with E-state index in [-0.39, 0.29) is 55.2 Å². The number of rotatable bonds is 4. The number of pyridine rings is 1. The molecule has 13 heteroatoms. The number of alkyl halides is 6. The number of anilines is 1. The van der Waals surface area contributed by atoms with Crippen LogP contribution in [0.2, 0.25) is 0 Å². The number of carbonyl (C=O) groups excluding carboxylic acids is 1. The van der Waals surface area contributed by atoms with E-state index in [1.807, 2.05) is 0 Å². The SMILES string of the molecule is O=C(c1ccc(F)c(Cc2cncc(C(F)(F)F)c2)c1)N1CCN(c2ncc(C(F)(F)F)cn2)CC1. The molecule has 1 fully saturated rings. The van der Waals surface area contributed by atoms with Gasteiger partial charge in [0.15, 0.2) is 0 Å². The molecule has 0 radical (unpaired) electrons. The second-order valence-corrected chi connectivity index (χ2v) is 8.11. The lowest BCUT2D eigenvalue weighted by Crippen LogP contribution is -2.49. The van der Waals surface area contributed by atoms with E-state index in [0.717, 1.165) is 12.1 Å². The monoisotopic (exact) mass is 513 g/mol. The number of nitrogens with zero attached hydrogens (tertiary/aromatic N) is 5. The molecule has 3 heterocycles. The molecule has 0 atom stereocenters. The molecule has 4 rings (SSSR count). The molecule has 2 aromatic heterocycles. The molecule has 6 nitrogen and oxygen atoms in total. The molecule has 0 unspecified atom stereocenters. The molecule has 1 aromatic carbocycles. The van der Waals surface area contributed by atoms with Gasteiger partial charge in [0, 0.05) is 63.0 Å². The van der Waals surface area contributed by atoms with Gasteiger partial charge in [-0.05, 0) is 35.4 Å². The maximum absolute atomic E-state index is 14.4. The number of hydrogen-bond donors (Lipinski definition) is 0. The van der Waals surface area contributed by atoms with Crippen molar-refractivity contribution in [2.75, 3.05) is 31.1 Å². The first kappa shape index (κ1) is 25.3. The fraction of sp³-hybridized carbons (Fsp3) is 0.304. The highest BCUT2D eigenvalue weighted by Crippen LogP contribution is 2.30. The minimum absolute atomic E-state index is 0.0405. The van der Waals surface area contributed by atoms with Gasteiger partial charge in [0.05, 0.1) is 11.1 Å². The van der Waals surface area contributed by atoms with Gasteiger partial charge in [0.25, 0.3) is 5.91 Å². The zero-order valence-electron chi connectivity index (χ0n) is 18.4. The van der Waals surface area contributed by atoms with Crippen molar-refractivity contribution < 1.29 is 35.5 Å². The van der Waals surface area contributed by atoms with E-state index in [4.69, 9.17) is 0 Å². The van der Waals surface area contributed by atoms with Gasteiger partial charge in [-0.15, -0.1) is 0 Å². The Morgan fingerprint density at radius 3 is 2.08 bits per heavy atom. The van der Waals surface area contributed by atoms with Gasteiger partial charge < -0.3 is 9.80 Å². The van der Waals surface area contributed by atoms with Crippen molar-refractivity contribution in [3.63, 3.8) is 0 Å². The first-order chi connectivity index (χ1) is 16.9. The number of aromatic nitrogens is 3. The van der Waals surface area contributed by atoms with E-state index in [1.54, 1.807) is 4.90 Å². The topological polar surface area (TPSA) is 62.2 Å². The number of amides is 1. The zero-order valence-corrected chi connectivity index (χ0v) is 18.4. The van der Waals surface area contributed by atoms with E-state index in [1.165, 1.54) is 23.2 Å². The van der Waals surface area contributed by atoms with Gasteiger partial charge in [0.1, 0.15) is 5.82 Å². The highest BCUT2D eigenvalue weighted by molar-refractivity contribution is 5.94. The number of halogens is 7. The minimum Gasteiger partial charge on any atom is -0.337 e. The standard InChI is InChI=1S/C23H18F7N5O/c24-19-2-1-15(9-16(19)7-14-8-17(11-31-10-14)22(25,26)27)20(36)34-3-5-35(6-4-34)21-32-12-18(13-33-21)23(28,29)30/h1-2,8-13H,3-7H2. The molecule has 190 valence electrons. The van der Waals surface area contributed by atoms with Crippen molar-refractivity contribution >= 4 is 11.9 Å². The van der Waals surface area contributed by atoms with Crippen LogP contribution in [0.25, 0.3) is 0 Å². The summed E-state index contributed by atoms with van der Waals surface area (Å²) in [5.74, 6) is -0.978. The predicted octanol–water partition coefficient (Wildman–Crippen LogP) is 4.60. The van der Waals surface area contributed by atoms with Crippen LogP contribution in [-0.4, -0.2) is 51.9 Å². The molecule has 36 heavy (non-hydrogen) atoms. The first-order valence-corrected chi connectivity index (χ1v) is 10.6. The summed E-state index contributed by atoms with van der Waals surface area (Å²) >= 11 is 0. The Morgan fingerprint density at radius 1 is 0.833 bits per heavy atom. The maximum atomic E-state index is 14.4. The van der Waals surface area contributed by atoms with Crippen molar-refractivity contribution in [2.45, 2.75) is 18.8 Å². The Kier molecular flexibility index (Phi) is 6.83. The Labute approximate surface area is 200 Å². The molecule has 1 saturated heterocycles. The van der Waals surface area contributed by atoms with Crippen LogP contribution in [0.5, 0.6) is 0 Å². The highest BCUT2D eigenvalue weighted by Gasteiger charge is 2.32. The average molecular weight is 513 g/mol. The van der Waals surface area contributed by atoms with E-state index in [0.29, 0.717) is 18.6 Å². The fourth-order valence-corrected chi connectivity index (χ4v) is 3.73. The summed E-state index contributed by atoms with van der Waals surface area (Å²) < 4.78 is 91.3. The predicted molar refractivity (Wildman–Crippen MR) is 114 cm³/mol. The third kappa shape index (κ3) is 5.71. The molecule has 3 aromatic rings. The van der Waals surface area contributed by atoms with Crippen molar-refractivity contribution in [3.8, 4) is 0 Å². The lowest BCUT2D eigenvalue weighted by atomic mass is 10.0. The van der Waals surface area contributed by atoms with Crippen LogP contribution in [0, 0.1) is 5.82 Å². The van der Waals surface area contributed by atoms with E-state index < -0.39 is 35.2 Å². The molecule has 1 aliphatic rings. The summed E-state index contributed by atoms with van der Waals surface area (Å²) in [6.45, 7) is 0.961. The Hall–Kier alpha value is -3.77. The van der Waals surface area contributed by atoms with Crippen LogP contribution in [0.15, 0.2) is 49.1 Å². The summed E-state index contributed by atoms with van der Waals surface area (Å²) in [6, 6.07) is 4.54. The molecular formula is C23H18F7N5O. The first-order valence-electron chi connectivity index (χ1n) is 10.6. The average Bonchev–Trinajstić information content (AvgIpc) is 2.84. The van der Waals surface area contributed by atoms with Crippen LogP contribution in [-0.2, 0) is 18.8 Å². The van der Waals surface area contributed by atoms with Crippen molar-refractivity contribution in [1.82, 2.24) is 19.9 Å². The molecule has 0 aliphatic carbocycles. The van der Waals surface area contributed by atoms with Crippen LogP contribution < -0.4 is 4.90 Å². The Morgan fingerprint density at radius 2 is 1.47 bits per heavy atom. The molecule has 1 aliphatic heterocycles. The maximum Gasteiger partial charge on any atom is 0.419 e. The van der Waals surface area contributed by atoms with Gasteiger partial charge in [-0.1, -0.05) is 0 Å². The van der Waals surface area contributed by atoms with Crippen LogP contribution in [0.1, 0.15) is 32.6 Å². The quantitative estimate of drug-likeness (QED) is 0.478. The summed E-state index contributed by atoms with van der Waals surface area (Å²) in [7, 11) is 0. The van der Waals surface area contributed by atoms with Gasteiger partial charge >= 0.3 is 12.4 Å². The summed E-state index contributed by atoms with van der Waals surface area (Å²) in [5, 5.41) is 0. The largest absolute Gasteiger partial charge is 0.419 e. The summed E-state index contributed by atoms with van der Waals surface area (Å²) in [6.07, 6.45) is -6.06. The molecule has 0 N–H and O–H groups in total. The number of carbonyl (C=O) groups is 1. The minimum atomic E-state index is -4.59. The number of hydrogen-bond acceptors (Lipinski definition) is 5. The summed E-state index contributed by atoms with van der Waals surface area (Å²) in [5.41, 5.74) is -1.58. The molecule has 1 amide bonds. The second-order valence-electron chi connectivity index (χ2n) is 8.11. The lowest BCUT2D eigenvalue weighted by Gasteiger charge is -2.34. The molecule has 0 spiro atoms. The van der Waals surface area contributed by atoms with Gasteiger partial charge in [-0.3, -0.25) is 9.78 Å². The molecular weight excluding hydrogens is 495 g/mol. The van der Waals surface area contributed by atoms with Crippen LogP contribution in [0.4, 0.5) is 36.7 Å². The smallest absolute Gasteiger partial charge is 0.337 e. The Balaban J connectivity index is 1.42. The molecule has 0 saturated carbocycles. The highest BCUT2D eigenvalue weighted by atomic mass is 19.4. The van der Waals surface area contributed by atoms with Crippen LogP contribution in [0.3, 0.4) is 0 Å². The zero-order chi connectivity index (χ0) is 26.1. The lowest BCUT2D eigenvalue weighted by molar-refractivity contribution is -0.138. The number of piperazine rings is 1. The van der Waals surface area contributed by atoms with Crippen molar-refractivity contribution in [1.29, 1.82) is 0 Å². The summed E-state index contributed by atoms with van der Waals surface area (Å²) in [4.78, 5) is 27.2. The normalized spacial score (nSPS) is 14.8. The van der Waals surface area contributed by atoms with Gasteiger partial charge in [-0.25, -0.2) is 14.4 Å². The fourth-order valence-electron chi connectivity index (χ4n) is 3.73. The Bertz CT molecular complexity index is 1240. The third-order valence-electron chi connectivity index (χ3n) is 5.62. The number of benzene rings is 1. The van der Waals surface area contributed by atoms with Crippen molar-refractivity contribution in [2.24, 2.45) is 0 Å². The van der Waals surface area contributed by atoms with Gasteiger partial charge in [0.2, 0.25) is 5.95 Å². The van der Waals surface area contributed by atoms with Gasteiger partial charge in [-0.2, -0.15) is 26.3 Å². The van der Waals surface area contributed by atoms with Crippen LogP contribution >= 0.6 is 0 Å².